The molecule has 6 rings (SSSR count). The van der Waals surface area contributed by atoms with E-state index in [1.165, 1.54) is 56.7 Å². The smallest absolute Gasteiger partial charge is 0.336 e. The third kappa shape index (κ3) is 8.11. The Kier molecular flexibility index (Phi) is 12.4. The minimum Gasteiger partial charge on any atom is -0.507 e. The number of fused-ring (bicyclic) bond motifs is 1. The van der Waals surface area contributed by atoms with E-state index in [1.807, 2.05) is 0 Å². The summed E-state index contributed by atoms with van der Waals surface area (Å²) in [6.45, 7) is -1.68. The van der Waals surface area contributed by atoms with Gasteiger partial charge in [-0.3, -0.25) is 4.79 Å². The first-order valence-electron chi connectivity index (χ1n) is 17.3. The third-order valence-electron chi connectivity index (χ3n) is 9.57. The molecular formula is C38H40O19. The van der Waals surface area contributed by atoms with Gasteiger partial charge in [-0.2, -0.15) is 0 Å². The highest BCUT2D eigenvalue weighted by atomic mass is 16.7. The fourth-order valence-corrected chi connectivity index (χ4v) is 6.55. The van der Waals surface area contributed by atoms with Crippen LogP contribution in [0.5, 0.6) is 34.5 Å². The second-order valence-electron chi connectivity index (χ2n) is 13.1. The van der Waals surface area contributed by atoms with Crippen molar-refractivity contribution in [1.82, 2.24) is 0 Å². The summed E-state index contributed by atoms with van der Waals surface area (Å²) >= 11 is 0. The van der Waals surface area contributed by atoms with Crippen LogP contribution in [0.15, 0.2) is 63.8 Å². The molecule has 0 spiro atoms. The molecule has 0 saturated carbocycles. The molecule has 2 aliphatic heterocycles. The summed E-state index contributed by atoms with van der Waals surface area (Å²) in [5.41, 5.74) is -0.870. The van der Waals surface area contributed by atoms with Gasteiger partial charge in [0.1, 0.15) is 88.9 Å². The summed E-state index contributed by atoms with van der Waals surface area (Å²) in [5.74, 6) is -2.24. The van der Waals surface area contributed by atoms with Gasteiger partial charge in [-0.05, 0) is 48.0 Å². The fraction of sp³-hybridized carbons (Fsp3) is 0.368. The second-order valence-corrected chi connectivity index (χ2v) is 13.1. The van der Waals surface area contributed by atoms with Gasteiger partial charge < -0.3 is 83.9 Å². The first-order valence-corrected chi connectivity index (χ1v) is 17.3. The molecule has 3 aromatic carbocycles. The van der Waals surface area contributed by atoms with Crippen LogP contribution >= 0.6 is 0 Å². The molecule has 0 unspecified atom stereocenters. The molecule has 19 nitrogen and oxygen atoms in total. The molecule has 4 aromatic rings. The molecule has 19 heteroatoms. The third-order valence-corrected chi connectivity index (χ3v) is 9.57. The van der Waals surface area contributed by atoms with Gasteiger partial charge in [0, 0.05) is 23.8 Å². The van der Waals surface area contributed by atoms with Crippen molar-refractivity contribution in [3.63, 3.8) is 0 Å². The maximum Gasteiger partial charge on any atom is 0.336 e. The number of benzene rings is 3. The SMILES string of the molecule is COc1cc(/C=C/C(=O)Oc2ccc(-c3cc(=O)c4c(O)c([C@@H]5O[C@H](CO)[C@@H](O)[C@H](O)[C@H]5O[C@@H]5O[C@H](CO)[C@@H](O)[C@H](O)[C@H]5O)c(O)cc4o3)cc2)cc(OC)c1O. The monoisotopic (exact) mass is 800 g/mol. The Morgan fingerprint density at radius 2 is 1.39 bits per heavy atom. The van der Waals surface area contributed by atoms with Crippen molar-refractivity contribution < 1.29 is 88.7 Å². The number of phenols is 3. The molecule has 2 saturated heterocycles. The summed E-state index contributed by atoms with van der Waals surface area (Å²) in [5, 5.41) is 104. The minimum absolute atomic E-state index is 0.0244. The van der Waals surface area contributed by atoms with Crippen LogP contribution in [0.4, 0.5) is 0 Å². The van der Waals surface area contributed by atoms with Crippen LogP contribution in [-0.2, 0) is 19.0 Å². The lowest BCUT2D eigenvalue weighted by molar-refractivity contribution is -0.342. The van der Waals surface area contributed by atoms with E-state index in [0.29, 0.717) is 11.1 Å². The fourth-order valence-electron chi connectivity index (χ4n) is 6.55. The molecule has 57 heavy (non-hydrogen) atoms. The van der Waals surface area contributed by atoms with Crippen LogP contribution in [0.25, 0.3) is 28.4 Å². The van der Waals surface area contributed by atoms with Gasteiger partial charge in [0.15, 0.2) is 23.2 Å². The normalized spacial score (nSPS) is 27.7. The van der Waals surface area contributed by atoms with Crippen molar-refractivity contribution in [1.29, 1.82) is 0 Å². The molecule has 3 heterocycles. The highest BCUT2D eigenvalue weighted by molar-refractivity contribution is 5.90. The van der Waals surface area contributed by atoms with E-state index in [4.69, 9.17) is 32.8 Å². The summed E-state index contributed by atoms with van der Waals surface area (Å²) in [7, 11) is 2.72. The van der Waals surface area contributed by atoms with E-state index >= 15 is 0 Å². The van der Waals surface area contributed by atoms with Crippen molar-refractivity contribution in [2.45, 2.75) is 61.2 Å². The number of ether oxygens (including phenoxy) is 6. The Balaban J connectivity index is 1.26. The van der Waals surface area contributed by atoms with Crippen LogP contribution in [-0.4, -0.2) is 140 Å². The van der Waals surface area contributed by atoms with E-state index in [0.717, 1.165) is 18.2 Å². The first kappa shape index (κ1) is 41.3. The second kappa shape index (κ2) is 17.0. The summed E-state index contributed by atoms with van der Waals surface area (Å²) < 4.78 is 38.3. The maximum atomic E-state index is 13.5. The van der Waals surface area contributed by atoms with Gasteiger partial charge in [0.05, 0.1) is 33.0 Å². The number of aliphatic hydroxyl groups is 7. The predicted octanol–water partition coefficient (Wildman–Crippen LogP) is -0.448. The number of hydrogen-bond donors (Lipinski definition) is 10. The number of rotatable bonds is 11. The molecule has 10 N–H and O–H groups in total. The molecule has 1 aromatic heterocycles. The van der Waals surface area contributed by atoms with E-state index in [9.17, 15) is 60.7 Å². The van der Waals surface area contributed by atoms with E-state index < -0.39 is 108 Å². The Bertz CT molecular complexity index is 2140. The van der Waals surface area contributed by atoms with Gasteiger partial charge in [0.2, 0.25) is 5.75 Å². The first-order chi connectivity index (χ1) is 27.2. The van der Waals surface area contributed by atoms with E-state index in [-0.39, 0.29) is 34.3 Å². The zero-order valence-electron chi connectivity index (χ0n) is 30.1. The van der Waals surface area contributed by atoms with Crippen LogP contribution < -0.4 is 19.6 Å². The number of phenolic OH excluding ortho intramolecular Hbond substituents is 3. The van der Waals surface area contributed by atoms with Crippen molar-refractivity contribution in [2.75, 3.05) is 27.4 Å². The summed E-state index contributed by atoms with van der Waals surface area (Å²) in [4.78, 5) is 26.1. The van der Waals surface area contributed by atoms with Gasteiger partial charge in [-0.1, -0.05) is 0 Å². The predicted molar refractivity (Wildman–Crippen MR) is 192 cm³/mol. The minimum atomic E-state index is -1.97. The Morgan fingerprint density at radius 3 is 2.00 bits per heavy atom. The zero-order valence-corrected chi connectivity index (χ0v) is 30.1. The summed E-state index contributed by atoms with van der Waals surface area (Å²) in [6, 6.07) is 10.8. The lowest BCUT2D eigenvalue weighted by Crippen LogP contribution is -2.62. The molecule has 0 amide bonds. The van der Waals surface area contributed by atoms with Gasteiger partial charge in [-0.25, -0.2) is 4.79 Å². The number of aromatic hydroxyl groups is 3. The lowest BCUT2D eigenvalue weighted by Gasteiger charge is -2.46. The van der Waals surface area contributed by atoms with E-state index in [1.54, 1.807) is 0 Å². The average Bonchev–Trinajstić information content (AvgIpc) is 3.19. The van der Waals surface area contributed by atoms with Crippen molar-refractivity contribution in [3.05, 3.63) is 76.0 Å². The molecule has 0 radical (unpaired) electrons. The van der Waals surface area contributed by atoms with Crippen LogP contribution in [0.3, 0.4) is 0 Å². The van der Waals surface area contributed by atoms with Gasteiger partial charge in [0.25, 0.3) is 0 Å². The maximum absolute atomic E-state index is 13.5. The quantitative estimate of drug-likeness (QED) is 0.0522. The number of methoxy groups -OCH3 is 2. The Hall–Kier alpha value is -5.32. The molecule has 0 bridgehead atoms. The molecule has 10 atom stereocenters. The standard InChI is InChI=1S/C38H40O19/c1-51-22-9-15(10-23(52-2)29(22)44)3-8-26(43)53-17-6-4-16(5-7-17)20-11-18(41)27-21(54-20)12-19(42)28(32(27)47)36-37(34(49)31(46)24(13-39)55-36)57-38-35(50)33(48)30(45)25(14-40)56-38/h3-12,24-25,30-31,33-40,42,44-50H,13-14H2,1-2H3/b8-3+/t24-,25-,30-,31-,33+,34+,35-,36+,37-,38+/m1/s1. The van der Waals surface area contributed by atoms with Crippen LogP contribution in [0, 0.1) is 0 Å². The largest absolute Gasteiger partial charge is 0.507 e. The summed E-state index contributed by atoms with van der Waals surface area (Å²) in [6.07, 6.45) is -15.3. The highest BCUT2D eigenvalue weighted by Crippen LogP contribution is 2.46. The number of carbonyl (C=O) groups excluding carboxylic acids is 1. The average molecular weight is 801 g/mol. The number of carbonyl (C=O) groups is 1. The molecule has 2 aliphatic rings. The molecule has 306 valence electrons. The molecule has 0 aliphatic carbocycles. The molecular weight excluding hydrogens is 760 g/mol. The van der Waals surface area contributed by atoms with Crippen molar-refractivity contribution in [2.24, 2.45) is 0 Å². The highest BCUT2D eigenvalue weighted by Gasteiger charge is 2.52. The van der Waals surface area contributed by atoms with Crippen LogP contribution in [0.2, 0.25) is 0 Å². The van der Waals surface area contributed by atoms with Crippen molar-refractivity contribution in [3.8, 4) is 45.8 Å². The van der Waals surface area contributed by atoms with Gasteiger partial charge in [-0.15, -0.1) is 0 Å². The number of aliphatic hydroxyl groups excluding tert-OH is 7. The van der Waals surface area contributed by atoms with Gasteiger partial charge >= 0.3 is 5.97 Å². The topological polar surface area (TPSA) is 305 Å². The zero-order chi connectivity index (χ0) is 41.3. The van der Waals surface area contributed by atoms with Crippen molar-refractivity contribution >= 4 is 23.0 Å². The number of hydrogen-bond acceptors (Lipinski definition) is 19. The lowest BCUT2D eigenvalue weighted by atomic mass is 9.89. The Morgan fingerprint density at radius 1 is 0.772 bits per heavy atom. The van der Waals surface area contributed by atoms with E-state index in [2.05, 4.69) is 0 Å². The number of esters is 1. The molecule has 2 fully saturated rings. The Labute approximate surface area is 321 Å². The van der Waals surface area contributed by atoms with Crippen LogP contribution in [0.1, 0.15) is 17.2 Å².